The van der Waals surface area contributed by atoms with Crippen molar-refractivity contribution in [3.8, 4) is 0 Å². The first-order chi connectivity index (χ1) is 10.4. The van der Waals surface area contributed by atoms with Crippen LogP contribution in [0.25, 0.3) is 0 Å². The first kappa shape index (κ1) is 17.9. The van der Waals surface area contributed by atoms with Gasteiger partial charge in [0.15, 0.2) is 0 Å². The molecule has 2 amide bonds. The van der Waals surface area contributed by atoms with Gasteiger partial charge in [-0.25, -0.2) is 9.59 Å². The number of ether oxygens (including phenoxy) is 2. The molecule has 6 heteroatoms. The fourth-order valence-corrected chi connectivity index (χ4v) is 3.22. The SMILES string of the molecule is CC(C)(C)OC(=O)NC1CN(C(=O)OC(C)(C)C)CC12CCC2. The van der Waals surface area contributed by atoms with Crippen molar-refractivity contribution in [1.29, 1.82) is 0 Å². The molecule has 1 spiro atoms. The van der Waals surface area contributed by atoms with E-state index in [0.29, 0.717) is 13.1 Å². The Morgan fingerprint density at radius 2 is 1.61 bits per heavy atom. The molecule has 0 aromatic rings. The van der Waals surface area contributed by atoms with Crippen LogP contribution in [-0.4, -0.2) is 47.4 Å². The highest BCUT2D eigenvalue weighted by atomic mass is 16.6. The van der Waals surface area contributed by atoms with Gasteiger partial charge in [0, 0.05) is 18.5 Å². The second kappa shape index (κ2) is 5.87. The van der Waals surface area contributed by atoms with E-state index >= 15 is 0 Å². The molecule has 1 N–H and O–H groups in total. The molecule has 6 nitrogen and oxygen atoms in total. The molecule has 1 heterocycles. The van der Waals surface area contributed by atoms with Crippen molar-refractivity contribution in [2.75, 3.05) is 13.1 Å². The summed E-state index contributed by atoms with van der Waals surface area (Å²) in [5.41, 5.74) is -1.06. The summed E-state index contributed by atoms with van der Waals surface area (Å²) in [5.74, 6) is 0. The summed E-state index contributed by atoms with van der Waals surface area (Å²) in [6.07, 6.45) is 2.45. The number of alkyl carbamates (subject to hydrolysis) is 1. The van der Waals surface area contributed by atoms with Crippen LogP contribution < -0.4 is 5.32 Å². The van der Waals surface area contributed by atoms with Gasteiger partial charge in [-0.15, -0.1) is 0 Å². The predicted octanol–water partition coefficient (Wildman–Crippen LogP) is 3.30. The molecule has 0 aromatic carbocycles. The van der Waals surface area contributed by atoms with Gasteiger partial charge in [-0.1, -0.05) is 6.42 Å². The Bertz CT molecular complexity index is 472. The molecule has 1 saturated carbocycles. The summed E-state index contributed by atoms with van der Waals surface area (Å²) in [5, 5.41) is 2.97. The van der Waals surface area contributed by atoms with Gasteiger partial charge in [-0.05, 0) is 54.4 Å². The molecule has 1 unspecified atom stereocenters. The van der Waals surface area contributed by atoms with Gasteiger partial charge < -0.3 is 19.7 Å². The fraction of sp³-hybridized carbons (Fsp3) is 0.882. The predicted molar refractivity (Wildman–Crippen MR) is 87.2 cm³/mol. The highest BCUT2D eigenvalue weighted by Gasteiger charge is 2.53. The Labute approximate surface area is 138 Å². The van der Waals surface area contributed by atoms with E-state index < -0.39 is 17.3 Å². The van der Waals surface area contributed by atoms with Crippen LogP contribution in [0.4, 0.5) is 9.59 Å². The zero-order valence-corrected chi connectivity index (χ0v) is 15.2. The number of rotatable bonds is 1. The summed E-state index contributed by atoms with van der Waals surface area (Å²) in [6.45, 7) is 12.2. The summed E-state index contributed by atoms with van der Waals surface area (Å²) in [4.78, 5) is 26.1. The van der Waals surface area contributed by atoms with E-state index in [2.05, 4.69) is 5.32 Å². The first-order valence-corrected chi connectivity index (χ1v) is 8.38. The number of amides is 2. The minimum atomic E-state index is -0.527. The fourth-order valence-electron chi connectivity index (χ4n) is 3.22. The number of carbonyl (C=O) groups is 2. The molecule has 1 aliphatic carbocycles. The van der Waals surface area contributed by atoms with Crippen LogP contribution in [0.3, 0.4) is 0 Å². The molecule has 132 valence electrons. The Balaban J connectivity index is 2.00. The van der Waals surface area contributed by atoms with Gasteiger partial charge in [0.1, 0.15) is 11.2 Å². The second-order valence-corrected chi connectivity index (χ2v) is 8.78. The number of hydrogen-bond donors (Lipinski definition) is 1. The minimum Gasteiger partial charge on any atom is -0.444 e. The monoisotopic (exact) mass is 326 g/mol. The lowest BCUT2D eigenvalue weighted by molar-refractivity contribution is 0.0242. The van der Waals surface area contributed by atoms with E-state index in [1.54, 1.807) is 4.90 Å². The molecule has 0 aromatic heterocycles. The van der Waals surface area contributed by atoms with Gasteiger partial charge in [0.2, 0.25) is 0 Å². The molecule has 2 aliphatic rings. The lowest BCUT2D eigenvalue weighted by Crippen LogP contribution is -2.51. The van der Waals surface area contributed by atoms with Gasteiger partial charge in [0.05, 0.1) is 6.04 Å². The zero-order chi connectivity index (χ0) is 17.5. The smallest absolute Gasteiger partial charge is 0.410 e. The maximum Gasteiger partial charge on any atom is 0.410 e. The van der Waals surface area contributed by atoms with Crippen molar-refractivity contribution < 1.29 is 19.1 Å². The van der Waals surface area contributed by atoms with Crippen molar-refractivity contribution in [2.24, 2.45) is 5.41 Å². The van der Waals surface area contributed by atoms with Crippen LogP contribution in [0.1, 0.15) is 60.8 Å². The maximum atomic E-state index is 12.3. The standard InChI is InChI=1S/C17H30N2O4/c1-15(2,3)22-13(20)18-12-10-19(11-17(12)8-7-9-17)14(21)23-16(4,5)6/h12H,7-11H2,1-6H3,(H,18,20). The number of nitrogens with zero attached hydrogens (tertiary/aromatic N) is 1. The Morgan fingerprint density at radius 1 is 1.04 bits per heavy atom. The van der Waals surface area contributed by atoms with E-state index in [0.717, 1.165) is 19.3 Å². The second-order valence-electron chi connectivity index (χ2n) is 8.78. The van der Waals surface area contributed by atoms with E-state index in [4.69, 9.17) is 9.47 Å². The number of hydrogen-bond acceptors (Lipinski definition) is 4. The lowest BCUT2D eigenvalue weighted by Gasteiger charge is -2.42. The molecular weight excluding hydrogens is 296 g/mol. The van der Waals surface area contributed by atoms with Crippen molar-refractivity contribution in [1.82, 2.24) is 10.2 Å². The van der Waals surface area contributed by atoms with Crippen molar-refractivity contribution >= 4 is 12.2 Å². The van der Waals surface area contributed by atoms with Gasteiger partial charge in [0.25, 0.3) is 0 Å². The molecule has 1 atom stereocenters. The first-order valence-electron chi connectivity index (χ1n) is 8.38. The van der Waals surface area contributed by atoms with E-state index in [9.17, 15) is 9.59 Å². The third-order valence-electron chi connectivity index (χ3n) is 4.34. The van der Waals surface area contributed by atoms with Crippen LogP contribution in [0.5, 0.6) is 0 Å². The summed E-state index contributed by atoms with van der Waals surface area (Å²) >= 11 is 0. The Hall–Kier alpha value is -1.46. The zero-order valence-electron chi connectivity index (χ0n) is 15.2. The summed E-state index contributed by atoms with van der Waals surface area (Å²) in [6, 6.07) is -0.0707. The topological polar surface area (TPSA) is 67.9 Å². The summed E-state index contributed by atoms with van der Waals surface area (Å²) < 4.78 is 10.8. The summed E-state index contributed by atoms with van der Waals surface area (Å²) in [7, 11) is 0. The molecular formula is C17H30N2O4. The molecule has 1 saturated heterocycles. The third-order valence-corrected chi connectivity index (χ3v) is 4.34. The maximum absolute atomic E-state index is 12.3. The minimum absolute atomic E-state index is 0.0200. The number of likely N-dealkylation sites (tertiary alicyclic amines) is 1. The van der Waals surface area contributed by atoms with E-state index in [1.807, 2.05) is 41.5 Å². The quantitative estimate of drug-likeness (QED) is 0.803. The molecule has 23 heavy (non-hydrogen) atoms. The van der Waals surface area contributed by atoms with Gasteiger partial charge in [-0.2, -0.15) is 0 Å². The highest BCUT2D eigenvalue weighted by Crippen LogP contribution is 2.48. The molecule has 0 radical (unpaired) electrons. The van der Waals surface area contributed by atoms with Crippen molar-refractivity contribution in [3.05, 3.63) is 0 Å². The van der Waals surface area contributed by atoms with Gasteiger partial charge >= 0.3 is 12.2 Å². The van der Waals surface area contributed by atoms with Crippen molar-refractivity contribution in [2.45, 2.75) is 78.0 Å². The van der Waals surface area contributed by atoms with E-state index in [-0.39, 0.29) is 17.6 Å². The van der Waals surface area contributed by atoms with Crippen LogP contribution >= 0.6 is 0 Å². The van der Waals surface area contributed by atoms with Crippen molar-refractivity contribution in [3.63, 3.8) is 0 Å². The molecule has 2 rings (SSSR count). The van der Waals surface area contributed by atoms with Crippen LogP contribution in [0.15, 0.2) is 0 Å². The molecule has 2 fully saturated rings. The highest BCUT2D eigenvalue weighted by molar-refractivity contribution is 5.71. The average molecular weight is 326 g/mol. The number of nitrogens with one attached hydrogen (secondary N) is 1. The number of carbonyl (C=O) groups excluding carboxylic acids is 2. The molecule has 0 bridgehead atoms. The normalized spacial score (nSPS) is 23.4. The third kappa shape index (κ3) is 4.52. The van der Waals surface area contributed by atoms with Gasteiger partial charge in [-0.3, -0.25) is 0 Å². The van der Waals surface area contributed by atoms with E-state index in [1.165, 1.54) is 0 Å². The Kier molecular flexibility index (Phi) is 4.57. The molecule has 1 aliphatic heterocycles. The largest absolute Gasteiger partial charge is 0.444 e. The lowest BCUT2D eigenvalue weighted by atomic mass is 9.66. The van der Waals surface area contributed by atoms with Crippen LogP contribution in [-0.2, 0) is 9.47 Å². The van der Waals surface area contributed by atoms with Crippen LogP contribution in [0.2, 0.25) is 0 Å². The van der Waals surface area contributed by atoms with Crippen LogP contribution in [0, 0.1) is 5.41 Å². The Morgan fingerprint density at radius 3 is 2.04 bits per heavy atom. The average Bonchev–Trinajstić information content (AvgIpc) is 2.63.